The quantitative estimate of drug-likeness (QED) is 0.887. The monoisotopic (exact) mass is 244 g/mol. The Morgan fingerprint density at radius 1 is 1.28 bits per heavy atom. The average molecular weight is 244 g/mol. The molecule has 0 saturated heterocycles. The van der Waals surface area contributed by atoms with Gasteiger partial charge in [-0.15, -0.1) is 5.10 Å². The topological polar surface area (TPSA) is 68.5 Å². The fourth-order valence-corrected chi connectivity index (χ4v) is 2.34. The predicted molar refractivity (Wildman–Crippen MR) is 67.2 cm³/mol. The third-order valence-electron chi connectivity index (χ3n) is 3.87. The minimum absolute atomic E-state index is 0.388. The Labute approximate surface area is 105 Å². The van der Waals surface area contributed by atoms with Crippen molar-refractivity contribution in [3.63, 3.8) is 0 Å². The van der Waals surface area contributed by atoms with E-state index >= 15 is 0 Å². The molecule has 2 aliphatic carbocycles. The van der Waals surface area contributed by atoms with Gasteiger partial charge in [0.25, 0.3) is 0 Å². The standard InChI is InChI=1S/C12H16N6/c1-7(8-2-3-8)18-12-10(16-17-18)11(13-6-14-12)15-9-4-5-9/h6-9H,2-5H2,1H3,(H,13,14,15). The second-order valence-electron chi connectivity index (χ2n) is 5.43. The molecule has 2 aromatic heterocycles. The van der Waals surface area contributed by atoms with Crippen molar-refractivity contribution in [3.05, 3.63) is 6.33 Å². The summed E-state index contributed by atoms with van der Waals surface area (Å²) >= 11 is 0. The molecule has 94 valence electrons. The maximum absolute atomic E-state index is 4.35. The van der Waals surface area contributed by atoms with Crippen molar-refractivity contribution >= 4 is 17.0 Å². The van der Waals surface area contributed by atoms with Gasteiger partial charge in [-0.1, -0.05) is 5.21 Å². The average Bonchev–Trinajstić information content (AvgIpc) is 3.27. The molecule has 0 aromatic carbocycles. The third-order valence-corrected chi connectivity index (χ3v) is 3.87. The van der Waals surface area contributed by atoms with Crippen molar-refractivity contribution in [2.45, 2.75) is 44.7 Å². The van der Waals surface area contributed by atoms with Gasteiger partial charge in [0, 0.05) is 6.04 Å². The largest absolute Gasteiger partial charge is 0.365 e. The number of hydrogen-bond donors (Lipinski definition) is 1. The van der Waals surface area contributed by atoms with E-state index < -0.39 is 0 Å². The maximum atomic E-state index is 4.35. The summed E-state index contributed by atoms with van der Waals surface area (Å²) in [5.74, 6) is 1.57. The molecule has 0 radical (unpaired) electrons. The van der Waals surface area contributed by atoms with Gasteiger partial charge in [-0.05, 0) is 38.5 Å². The predicted octanol–water partition coefficient (Wildman–Crippen LogP) is 1.77. The summed E-state index contributed by atoms with van der Waals surface area (Å²) in [5.41, 5.74) is 1.66. The Morgan fingerprint density at radius 2 is 2.11 bits per heavy atom. The van der Waals surface area contributed by atoms with Crippen molar-refractivity contribution in [2.75, 3.05) is 5.32 Å². The van der Waals surface area contributed by atoms with Gasteiger partial charge in [-0.25, -0.2) is 14.6 Å². The van der Waals surface area contributed by atoms with E-state index in [0.717, 1.165) is 22.9 Å². The molecule has 2 fully saturated rings. The first-order valence-electron chi connectivity index (χ1n) is 6.65. The maximum Gasteiger partial charge on any atom is 0.184 e. The zero-order valence-electron chi connectivity index (χ0n) is 10.4. The molecule has 1 N–H and O–H groups in total. The van der Waals surface area contributed by atoms with Crippen LogP contribution in [0.2, 0.25) is 0 Å². The number of anilines is 1. The highest BCUT2D eigenvalue weighted by Gasteiger charge is 2.31. The van der Waals surface area contributed by atoms with Crippen molar-refractivity contribution in [3.8, 4) is 0 Å². The van der Waals surface area contributed by atoms with E-state index in [4.69, 9.17) is 0 Å². The third kappa shape index (κ3) is 1.63. The fraction of sp³-hybridized carbons (Fsp3) is 0.667. The normalized spacial score (nSPS) is 21.2. The summed E-state index contributed by atoms with van der Waals surface area (Å²) in [6, 6.07) is 0.952. The van der Waals surface area contributed by atoms with E-state index in [1.54, 1.807) is 6.33 Å². The number of nitrogens with one attached hydrogen (secondary N) is 1. The van der Waals surface area contributed by atoms with Crippen LogP contribution in [0, 0.1) is 5.92 Å². The van der Waals surface area contributed by atoms with E-state index in [0.29, 0.717) is 12.1 Å². The molecule has 0 aliphatic heterocycles. The van der Waals surface area contributed by atoms with Crippen LogP contribution in [0.15, 0.2) is 6.33 Å². The lowest BCUT2D eigenvalue weighted by Crippen LogP contribution is -2.10. The van der Waals surface area contributed by atoms with Gasteiger partial charge in [0.2, 0.25) is 0 Å². The molecule has 6 nitrogen and oxygen atoms in total. The lowest BCUT2D eigenvalue weighted by molar-refractivity contribution is 0.438. The summed E-state index contributed by atoms with van der Waals surface area (Å²) in [6.07, 6.45) is 6.63. The molecule has 6 heteroatoms. The van der Waals surface area contributed by atoms with Gasteiger partial charge < -0.3 is 5.32 Å². The number of rotatable bonds is 4. The van der Waals surface area contributed by atoms with Gasteiger partial charge in [0.15, 0.2) is 17.0 Å². The first kappa shape index (κ1) is 10.2. The summed E-state index contributed by atoms with van der Waals surface area (Å²) in [6.45, 7) is 2.20. The second kappa shape index (κ2) is 3.63. The van der Waals surface area contributed by atoms with E-state index in [1.807, 2.05) is 4.68 Å². The molecule has 0 bridgehead atoms. The first-order chi connectivity index (χ1) is 8.83. The van der Waals surface area contributed by atoms with Crippen LogP contribution < -0.4 is 5.32 Å². The smallest absolute Gasteiger partial charge is 0.184 e. The first-order valence-corrected chi connectivity index (χ1v) is 6.65. The van der Waals surface area contributed by atoms with Crippen LogP contribution in [0.1, 0.15) is 38.6 Å². The van der Waals surface area contributed by atoms with Crippen LogP contribution in [0.4, 0.5) is 5.82 Å². The van der Waals surface area contributed by atoms with Crippen LogP contribution >= 0.6 is 0 Å². The minimum Gasteiger partial charge on any atom is -0.365 e. The molecular formula is C12H16N6. The zero-order valence-corrected chi connectivity index (χ0v) is 10.4. The highest BCUT2D eigenvalue weighted by molar-refractivity contribution is 5.82. The van der Waals surface area contributed by atoms with E-state index in [-0.39, 0.29) is 0 Å². The van der Waals surface area contributed by atoms with Crippen LogP contribution in [-0.2, 0) is 0 Å². The lowest BCUT2D eigenvalue weighted by atomic mass is 10.2. The Morgan fingerprint density at radius 3 is 2.83 bits per heavy atom. The highest BCUT2D eigenvalue weighted by atomic mass is 15.5. The molecule has 4 rings (SSSR count). The van der Waals surface area contributed by atoms with Crippen LogP contribution in [0.5, 0.6) is 0 Å². The Balaban J connectivity index is 1.76. The summed E-state index contributed by atoms with van der Waals surface area (Å²) < 4.78 is 1.95. The number of hydrogen-bond acceptors (Lipinski definition) is 5. The van der Waals surface area contributed by atoms with Crippen molar-refractivity contribution in [1.82, 2.24) is 25.0 Å². The van der Waals surface area contributed by atoms with Gasteiger partial charge in [-0.2, -0.15) is 0 Å². The summed E-state index contributed by atoms with van der Waals surface area (Å²) in [5, 5.41) is 11.9. The SMILES string of the molecule is CC(C1CC1)n1nnc2c(NC3CC3)ncnc21. The van der Waals surface area contributed by atoms with Gasteiger partial charge >= 0.3 is 0 Å². The molecule has 2 saturated carbocycles. The molecule has 1 atom stereocenters. The summed E-state index contributed by atoms with van der Waals surface area (Å²) in [7, 11) is 0. The fourth-order valence-electron chi connectivity index (χ4n) is 2.34. The molecule has 2 heterocycles. The highest BCUT2D eigenvalue weighted by Crippen LogP contribution is 2.40. The lowest BCUT2D eigenvalue weighted by Gasteiger charge is -2.10. The molecule has 2 aromatic rings. The van der Waals surface area contributed by atoms with Gasteiger partial charge in [-0.3, -0.25) is 0 Å². The van der Waals surface area contributed by atoms with Crippen LogP contribution in [-0.4, -0.2) is 31.0 Å². The molecule has 0 amide bonds. The Kier molecular flexibility index (Phi) is 2.06. The van der Waals surface area contributed by atoms with Crippen molar-refractivity contribution in [2.24, 2.45) is 5.92 Å². The van der Waals surface area contributed by atoms with Gasteiger partial charge in [0.05, 0.1) is 6.04 Å². The molecular weight excluding hydrogens is 228 g/mol. The molecule has 0 spiro atoms. The molecule has 1 unspecified atom stereocenters. The van der Waals surface area contributed by atoms with E-state index in [1.165, 1.54) is 25.7 Å². The Bertz CT molecular complexity index is 583. The molecule has 2 aliphatic rings. The number of fused-ring (bicyclic) bond motifs is 1. The molecule has 18 heavy (non-hydrogen) atoms. The minimum atomic E-state index is 0.388. The number of aromatic nitrogens is 5. The second-order valence-corrected chi connectivity index (χ2v) is 5.43. The van der Waals surface area contributed by atoms with Crippen molar-refractivity contribution < 1.29 is 0 Å². The zero-order chi connectivity index (χ0) is 12.1. The van der Waals surface area contributed by atoms with E-state index in [9.17, 15) is 0 Å². The van der Waals surface area contributed by atoms with Crippen molar-refractivity contribution in [1.29, 1.82) is 0 Å². The summed E-state index contributed by atoms with van der Waals surface area (Å²) in [4.78, 5) is 8.63. The Hall–Kier alpha value is -1.72. The van der Waals surface area contributed by atoms with Gasteiger partial charge in [0.1, 0.15) is 6.33 Å². The van der Waals surface area contributed by atoms with E-state index in [2.05, 4.69) is 32.5 Å². The van der Waals surface area contributed by atoms with Crippen LogP contribution in [0.25, 0.3) is 11.2 Å². The van der Waals surface area contributed by atoms with Crippen LogP contribution in [0.3, 0.4) is 0 Å². The number of nitrogens with zero attached hydrogens (tertiary/aromatic N) is 5.